The van der Waals surface area contributed by atoms with Crippen LogP contribution in [0.5, 0.6) is 0 Å². The number of carbonyl (C=O) groups is 1. The Bertz CT molecular complexity index is 653. The molecular formula is C16H21N3O2. The third-order valence-corrected chi connectivity index (χ3v) is 3.18. The highest BCUT2D eigenvalue weighted by molar-refractivity contribution is 5.99. The summed E-state index contributed by atoms with van der Waals surface area (Å²) in [5.74, 6) is -0.209. The normalized spacial score (nSPS) is 11.4. The Morgan fingerprint density at radius 1 is 1.33 bits per heavy atom. The summed E-state index contributed by atoms with van der Waals surface area (Å²) in [5.41, 5.74) is 1.62. The molecule has 0 spiro atoms. The van der Waals surface area contributed by atoms with Crippen LogP contribution in [-0.4, -0.2) is 37.2 Å². The number of methoxy groups -OCH3 is 1. The number of hydrogen-bond acceptors (Lipinski definition) is 4. The van der Waals surface area contributed by atoms with Crippen molar-refractivity contribution in [3.05, 3.63) is 36.0 Å². The van der Waals surface area contributed by atoms with E-state index in [1.54, 1.807) is 13.2 Å². The Morgan fingerprint density at radius 3 is 2.71 bits per heavy atom. The Balaban J connectivity index is 2.36. The predicted octanol–water partition coefficient (Wildman–Crippen LogP) is 2.43. The van der Waals surface area contributed by atoms with Gasteiger partial charge >= 0.3 is 0 Å². The minimum atomic E-state index is -0.445. The van der Waals surface area contributed by atoms with Crippen molar-refractivity contribution in [1.82, 2.24) is 10.3 Å². The molecule has 0 saturated carbocycles. The van der Waals surface area contributed by atoms with Gasteiger partial charge in [0.2, 0.25) is 0 Å². The third kappa shape index (κ3) is 3.49. The van der Waals surface area contributed by atoms with E-state index in [4.69, 9.17) is 4.74 Å². The second-order valence-corrected chi connectivity index (χ2v) is 5.59. The van der Waals surface area contributed by atoms with Crippen LogP contribution < -0.4 is 10.6 Å². The summed E-state index contributed by atoms with van der Waals surface area (Å²) in [7, 11) is 3.44. The van der Waals surface area contributed by atoms with Gasteiger partial charge in [-0.15, -0.1) is 0 Å². The van der Waals surface area contributed by atoms with Gasteiger partial charge in [0, 0.05) is 25.2 Å². The van der Waals surface area contributed by atoms with Crippen LogP contribution in [0.2, 0.25) is 0 Å². The first kappa shape index (κ1) is 15.3. The van der Waals surface area contributed by atoms with Crippen LogP contribution in [0.1, 0.15) is 24.3 Å². The highest BCUT2D eigenvalue weighted by Gasteiger charge is 2.22. The quantitative estimate of drug-likeness (QED) is 0.886. The van der Waals surface area contributed by atoms with Crippen molar-refractivity contribution in [3.63, 3.8) is 0 Å². The molecule has 0 aliphatic heterocycles. The summed E-state index contributed by atoms with van der Waals surface area (Å²) in [6.07, 6.45) is 0. The largest absolute Gasteiger partial charge is 0.388 e. The van der Waals surface area contributed by atoms with Crippen molar-refractivity contribution in [2.45, 2.75) is 19.4 Å². The van der Waals surface area contributed by atoms with E-state index >= 15 is 0 Å². The van der Waals surface area contributed by atoms with Gasteiger partial charge in [-0.1, -0.05) is 18.2 Å². The molecule has 0 atom stereocenters. The van der Waals surface area contributed by atoms with Gasteiger partial charge in [-0.2, -0.15) is 0 Å². The molecule has 2 aromatic rings. The molecule has 1 amide bonds. The van der Waals surface area contributed by atoms with Crippen LogP contribution in [0.15, 0.2) is 30.3 Å². The standard InChI is InChI=1S/C16H21N3O2/c1-16(2,10-21-4)19-15(20)14-9-13(17-3)11-7-5-6-8-12(11)18-14/h5-9H,10H2,1-4H3,(H,17,18)(H,19,20). The number of carbonyl (C=O) groups excluding carboxylic acids is 1. The van der Waals surface area contributed by atoms with E-state index < -0.39 is 5.54 Å². The van der Waals surface area contributed by atoms with Crippen LogP contribution in [0.4, 0.5) is 5.69 Å². The summed E-state index contributed by atoms with van der Waals surface area (Å²) < 4.78 is 5.11. The van der Waals surface area contributed by atoms with Gasteiger partial charge in [0.15, 0.2) is 0 Å². The smallest absolute Gasteiger partial charge is 0.270 e. The van der Waals surface area contributed by atoms with E-state index in [0.29, 0.717) is 12.3 Å². The second kappa shape index (κ2) is 6.10. The number of nitrogens with one attached hydrogen (secondary N) is 2. The summed E-state index contributed by atoms with van der Waals surface area (Å²) >= 11 is 0. The Kier molecular flexibility index (Phi) is 4.43. The molecule has 0 aliphatic carbocycles. The molecule has 0 radical (unpaired) electrons. The predicted molar refractivity (Wildman–Crippen MR) is 84.7 cm³/mol. The zero-order valence-corrected chi connectivity index (χ0v) is 12.9. The summed E-state index contributed by atoms with van der Waals surface area (Å²) in [6, 6.07) is 9.50. The van der Waals surface area contributed by atoms with Crippen molar-refractivity contribution in [3.8, 4) is 0 Å². The number of anilines is 1. The monoisotopic (exact) mass is 287 g/mol. The minimum absolute atomic E-state index is 0.209. The molecule has 2 rings (SSSR count). The Labute approximate surface area is 124 Å². The number of nitrogens with zero attached hydrogens (tertiary/aromatic N) is 1. The average molecular weight is 287 g/mol. The zero-order valence-electron chi connectivity index (χ0n) is 12.9. The molecule has 21 heavy (non-hydrogen) atoms. The number of amides is 1. The van der Waals surface area contributed by atoms with E-state index in [2.05, 4.69) is 15.6 Å². The molecule has 0 aliphatic rings. The first-order valence-electron chi connectivity index (χ1n) is 6.86. The minimum Gasteiger partial charge on any atom is -0.388 e. The molecule has 112 valence electrons. The number of ether oxygens (including phenoxy) is 1. The molecule has 1 aromatic carbocycles. The second-order valence-electron chi connectivity index (χ2n) is 5.59. The molecule has 0 fully saturated rings. The van der Waals surface area contributed by atoms with Gasteiger partial charge in [0.1, 0.15) is 5.69 Å². The highest BCUT2D eigenvalue weighted by atomic mass is 16.5. The van der Waals surface area contributed by atoms with E-state index in [1.165, 1.54) is 0 Å². The van der Waals surface area contributed by atoms with Gasteiger partial charge in [-0.05, 0) is 26.0 Å². The fourth-order valence-corrected chi connectivity index (χ4v) is 2.27. The third-order valence-electron chi connectivity index (χ3n) is 3.18. The van der Waals surface area contributed by atoms with E-state index in [1.807, 2.05) is 45.2 Å². The van der Waals surface area contributed by atoms with Gasteiger partial charge in [0.25, 0.3) is 5.91 Å². The average Bonchev–Trinajstić information content (AvgIpc) is 2.45. The SMILES string of the molecule is CNc1cc(C(=O)NC(C)(C)COC)nc2ccccc12. The van der Waals surface area contributed by atoms with Crippen molar-refractivity contribution in [1.29, 1.82) is 0 Å². The molecular weight excluding hydrogens is 266 g/mol. The number of benzene rings is 1. The van der Waals surface area contributed by atoms with Crippen molar-refractivity contribution in [2.75, 3.05) is 26.1 Å². The summed E-state index contributed by atoms with van der Waals surface area (Å²) in [5, 5.41) is 7.04. The summed E-state index contributed by atoms with van der Waals surface area (Å²) in [4.78, 5) is 16.8. The van der Waals surface area contributed by atoms with Gasteiger partial charge < -0.3 is 15.4 Å². The lowest BCUT2D eigenvalue weighted by molar-refractivity contribution is 0.0815. The lowest BCUT2D eigenvalue weighted by atomic mass is 10.1. The van der Waals surface area contributed by atoms with E-state index in [0.717, 1.165) is 16.6 Å². The number of pyridine rings is 1. The molecule has 2 N–H and O–H groups in total. The van der Waals surface area contributed by atoms with Gasteiger partial charge in [-0.3, -0.25) is 4.79 Å². The Hall–Kier alpha value is -2.14. The first-order valence-corrected chi connectivity index (χ1v) is 6.86. The summed E-state index contributed by atoms with van der Waals surface area (Å²) in [6.45, 7) is 4.26. The van der Waals surface area contributed by atoms with Gasteiger partial charge in [-0.25, -0.2) is 4.98 Å². The molecule has 1 aromatic heterocycles. The van der Waals surface area contributed by atoms with E-state index in [9.17, 15) is 4.79 Å². The Morgan fingerprint density at radius 2 is 2.05 bits per heavy atom. The lowest BCUT2D eigenvalue weighted by Crippen LogP contribution is -2.47. The molecule has 1 heterocycles. The molecule has 0 saturated heterocycles. The maximum absolute atomic E-state index is 12.4. The number of aromatic nitrogens is 1. The molecule has 0 bridgehead atoms. The number of rotatable bonds is 5. The number of fused-ring (bicyclic) bond motifs is 1. The molecule has 5 nitrogen and oxygen atoms in total. The van der Waals surface area contributed by atoms with Crippen molar-refractivity contribution >= 4 is 22.5 Å². The van der Waals surface area contributed by atoms with E-state index in [-0.39, 0.29) is 5.91 Å². The van der Waals surface area contributed by atoms with Crippen molar-refractivity contribution < 1.29 is 9.53 Å². The highest BCUT2D eigenvalue weighted by Crippen LogP contribution is 2.22. The molecule has 0 unspecified atom stereocenters. The van der Waals surface area contributed by atoms with Crippen LogP contribution in [-0.2, 0) is 4.74 Å². The lowest BCUT2D eigenvalue weighted by Gasteiger charge is -2.25. The van der Waals surface area contributed by atoms with Crippen LogP contribution in [0, 0.1) is 0 Å². The first-order chi connectivity index (χ1) is 9.96. The fourth-order valence-electron chi connectivity index (χ4n) is 2.27. The maximum atomic E-state index is 12.4. The van der Waals surface area contributed by atoms with Crippen LogP contribution in [0.25, 0.3) is 10.9 Å². The van der Waals surface area contributed by atoms with Crippen LogP contribution >= 0.6 is 0 Å². The van der Waals surface area contributed by atoms with Crippen LogP contribution in [0.3, 0.4) is 0 Å². The number of hydrogen-bond donors (Lipinski definition) is 2. The van der Waals surface area contributed by atoms with Gasteiger partial charge in [0.05, 0.1) is 17.7 Å². The van der Waals surface area contributed by atoms with Crippen molar-refractivity contribution in [2.24, 2.45) is 0 Å². The maximum Gasteiger partial charge on any atom is 0.270 e. The fraction of sp³-hybridized carbons (Fsp3) is 0.375. The number of para-hydroxylation sites is 1. The molecule has 5 heteroatoms. The topological polar surface area (TPSA) is 63.2 Å². The zero-order chi connectivity index (χ0) is 15.5.